The van der Waals surface area contributed by atoms with Gasteiger partial charge in [-0.25, -0.2) is 13.2 Å². The van der Waals surface area contributed by atoms with Gasteiger partial charge in [0, 0.05) is 85.3 Å². The van der Waals surface area contributed by atoms with E-state index in [9.17, 15) is 66.2 Å². The van der Waals surface area contributed by atoms with Gasteiger partial charge in [-0.1, -0.05) is 172 Å². The van der Waals surface area contributed by atoms with Crippen molar-refractivity contribution in [3.05, 3.63) is 264 Å². The Balaban J connectivity index is 0.000000146. The third-order valence-corrected chi connectivity index (χ3v) is 41.2. The lowest BCUT2D eigenvalue weighted by atomic mass is 9.59. The van der Waals surface area contributed by atoms with Gasteiger partial charge in [0.15, 0.2) is 16.6 Å². The van der Waals surface area contributed by atoms with Crippen molar-refractivity contribution in [2.24, 2.45) is 16.2 Å². The van der Waals surface area contributed by atoms with Gasteiger partial charge in [-0.2, -0.15) is 47.9 Å². The molecule has 27 heteroatoms. The Kier molecular flexibility index (Phi) is 30.8. The third-order valence-electron chi connectivity index (χ3n) is 31.6. The molecule has 6 fully saturated rings. The lowest BCUT2D eigenvalue weighted by Crippen LogP contribution is -2.46. The Morgan fingerprint density at radius 3 is 0.934 bits per heavy atom. The standard InChI is InChI=1S/C38H47F4NO2Si.C32H33F4NO2.C31H44FNO4SSi.C8H7F3O/c1-36(2,3)46(4,5)45-32-22-37(19-8-20-37)21-31-34(32)33(26-13-17-29(39)18-14-26)30(35(43-31)27-9-6-7-10-27)24-44-23-25-11-15-28(16-12-25)38(40,41)42;33-24-12-8-21(9-13-24)28-25(19-39-18-20-6-10-23(11-7-20)32(34,35)36)30(22-4-1-2-5-22)37-26-16-31(14-3-15-31)17-27(38)29(26)28;1-30(2,3)39(5,6)37-26-19-31(16-9-17-31)18-25-28(26)27(21-12-14-23(32)15-13-21)24(20-36-38(4,34)35)29(33-25)22-10-7-8-11-22;9-8(10,11)7-3-1-6(5-12)2-4-7/h11-18,27,32H,6-10,19-24H2,1-5H3;6-13,22,27,38H,1-5,14-19H2;12-15,22,26H,7-11,16-20H2,1-6H3;1-4,12H,5H2. The number of benzene rings is 6. The summed E-state index contributed by atoms with van der Waals surface area (Å²) in [6, 6.07) is 34.3. The first kappa shape index (κ1) is 102. The summed E-state index contributed by atoms with van der Waals surface area (Å²) in [4.78, 5) is 16.2. The highest BCUT2D eigenvalue weighted by molar-refractivity contribution is 7.85. The highest BCUT2D eigenvalue weighted by Gasteiger charge is 2.53. The summed E-state index contributed by atoms with van der Waals surface area (Å²) in [5.41, 5.74) is 17.8. The Labute approximate surface area is 796 Å². The maximum absolute atomic E-state index is 14.3. The fourth-order valence-corrected chi connectivity index (χ4v) is 24.6. The average molecular weight is 1940 g/mol. The second kappa shape index (κ2) is 40.9. The van der Waals surface area contributed by atoms with Crippen LogP contribution < -0.4 is 0 Å². The van der Waals surface area contributed by atoms with Gasteiger partial charge in [-0.05, 0) is 291 Å². The average Bonchev–Trinajstić information content (AvgIpc) is 0.885. The van der Waals surface area contributed by atoms with Gasteiger partial charge < -0.3 is 28.5 Å². The second-order valence-corrected chi connectivity index (χ2v) is 54.4. The number of aromatic nitrogens is 3. The van der Waals surface area contributed by atoms with Crippen LogP contribution in [-0.4, -0.2) is 56.5 Å². The Hall–Kier alpha value is -7.97. The summed E-state index contributed by atoms with van der Waals surface area (Å²) in [6.45, 7) is 23.3. The van der Waals surface area contributed by atoms with Crippen LogP contribution in [0.5, 0.6) is 0 Å². The molecule has 9 aliphatic rings. The van der Waals surface area contributed by atoms with Gasteiger partial charge >= 0.3 is 18.5 Å². The minimum Gasteiger partial charge on any atom is -0.410 e. The van der Waals surface area contributed by atoms with Gasteiger partial charge in [0.25, 0.3) is 10.1 Å². The van der Waals surface area contributed by atoms with E-state index in [1.165, 1.54) is 118 Å². The van der Waals surface area contributed by atoms with Crippen LogP contribution in [-0.2, 0) is 110 Å². The van der Waals surface area contributed by atoms with E-state index in [1.54, 1.807) is 12.1 Å². The number of nitrogens with zero attached hydrogens (tertiary/aromatic N) is 3. The van der Waals surface area contributed by atoms with Crippen molar-refractivity contribution in [2.75, 3.05) is 6.26 Å². The summed E-state index contributed by atoms with van der Waals surface area (Å²) >= 11 is 0. The van der Waals surface area contributed by atoms with Gasteiger partial charge in [0.05, 0.1) is 80.9 Å². The van der Waals surface area contributed by atoms with E-state index in [4.69, 9.17) is 42.6 Å². The van der Waals surface area contributed by atoms with Crippen LogP contribution in [0.25, 0.3) is 33.4 Å². The molecule has 3 aromatic heterocycles. The molecule has 0 bridgehead atoms. The number of ether oxygens (including phenoxy) is 2. The van der Waals surface area contributed by atoms with E-state index in [-0.39, 0.29) is 107 Å². The van der Waals surface area contributed by atoms with Gasteiger partial charge in [0.1, 0.15) is 17.5 Å². The zero-order chi connectivity index (χ0) is 97.5. The van der Waals surface area contributed by atoms with Crippen molar-refractivity contribution in [1.82, 2.24) is 15.0 Å². The van der Waals surface area contributed by atoms with E-state index < -0.39 is 68.1 Å². The lowest BCUT2D eigenvalue weighted by molar-refractivity contribution is -0.138. The normalized spacial score (nSPS) is 20.0. The molecule has 6 saturated carbocycles. The zero-order valence-corrected chi connectivity index (χ0v) is 83.0. The fourth-order valence-electron chi connectivity index (χ4n) is 21.8. The third kappa shape index (κ3) is 23.6. The summed E-state index contributed by atoms with van der Waals surface area (Å²) in [5, 5.41) is 20.1. The highest BCUT2D eigenvalue weighted by Crippen LogP contribution is 2.62. The molecular formula is C109H131F12N3O9SSi2. The van der Waals surface area contributed by atoms with Crippen molar-refractivity contribution < 1.29 is 93.8 Å². The summed E-state index contributed by atoms with van der Waals surface area (Å²) in [5.74, 6) is -0.0402. The molecule has 3 unspecified atom stereocenters. The van der Waals surface area contributed by atoms with Crippen molar-refractivity contribution in [3.63, 3.8) is 0 Å². The van der Waals surface area contributed by atoms with E-state index >= 15 is 0 Å². The first-order chi connectivity index (χ1) is 64.1. The number of halogens is 12. The number of rotatable bonds is 22. The Morgan fingerprint density at radius 2 is 0.662 bits per heavy atom. The minimum absolute atomic E-state index is 0.0260. The van der Waals surface area contributed by atoms with E-state index in [1.807, 2.05) is 24.3 Å². The zero-order valence-electron chi connectivity index (χ0n) is 80.2. The van der Waals surface area contributed by atoms with E-state index in [2.05, 4.69) is 67.7 Å². The Morgan fingerprint density at radius 1 is 0.382 bits per heavy atom. The van der Waals surface area contributed by atoms with Crippen LogP contribution in [0.15, 0.2) is 146 Å². The van der Waals surface area contributed by atoms with Crippen LogP contribution in [0, 0.1) is 33.7 Å². The number of fused-ring (bicyclic) bond motifs is 3. The van der Waals surface area contributed by atoms with Gasteiger partial charge in [-0.15, -0.1) is 0 Å². The first-order valence-corrected chi connectivity index (χ1v) is 56.3. The molecule has 3 heterocycles. The Bertz CT molecular complexity index is 5760. The molecule has 0 amide bonds. The molecule has 12 nitrogen and oxygen atoms in total. The number of aliphatic hydroxyl groups excluding tert-OH is 2. The summed E-state index contributed by atoms with van der Waals surface area (Å²) in [6.07, 6.45) is 16.2. The van der Waals surface area contributed by atoms with Gasteiger partial charge in [0.2, 0.25) is 0 Å². The number of aliphatic hydroxyl groups is 2. The second-order valence-electron chi connectivity index (χ2n) is 43.2. The molecule has 9 aliphatic carbocycles. The molecule has 136 heavy (non-hydrogen) atoms. The molecule has 0 saturated heterocycles. The monoisotopic (exact) mass is 1940 g/mol. The predicted octanol–water partition coefficient (Wildman–Crippen LogP) is 30.3. The summed E-state index contributed by atoms with van der Waals surface area (Å²) < 4.78 is 214. The molecule has 2 N–H and O–H groups in total. The molecule has 9 aromatic rings. The number of pyridine rings is 3. The fraction of sp³-hybridized carbons (Fsp3) is 0.532. The highest BCUT2D eigenvalue weighted by atomic mass is 32.2. The maximum atomic E-state index is 14.3. The van der Waals surface area contributed by atoms with Crippen LogP contribution in [0.2, 0.25) is 36.3 Å². The molecular weight excluding hydrogens is 1810 g/mol. The predicted molar refractivity (Wildman–Crippen MR) is 510 cm³/mol. The van der Waals surface area contributed by atoms with E-state index in [0.717, 1.165) is 266 Å². The van der Waals surface area contributed by atoms with Crippen LogP contribution in [0.3, 0.4) is 0 Å². The molecule has 3 spiro atoms. The molecule has 0 aliphatic heterocycles. The first-order valence-electron chi connectivity index (χ1n) is 48.7. The summed E-state index contributed by atoms with van der Waals surface area (Å²) in [7, 11) is -8.03. The van der Waals surface area contributed by atoms with Crippen LogP contribution in [0.1, 0.15) is 333 Å². The van der Waals surface area contributed by atoms with Crippen molar-refractivity contribution in [1.29, 1.82) is 0 Å². The topological polar surface area (TPSA) is 159 Å². The van der Waals surface area contributed by atoms with Crippen molar-refractivity contribution in [3.8, 4) is 33.4 Å². The molecule has 3 atom stereocenters. The largest absolute Gasteiger partial charge is 0.416 e. The molecule has 734 valence electrons. The minimum atomic E-state index is -4.38. The van der Waals surface area contributed by atoms with Gasteiger partial charge in [-0.3, -0.25) is 19.1 Å². The van der Waals surface area contributed by atoms with Crippen LogP contribution >= 0.6 is 0 Å². The molecule has 6 aromatic carbocycles. The smallest absolute Gasteiger partial charge is 0.410 e. The number of hydrogen-bond donors (Lipinski definition) is 2. The quantitative estimate of drug-likeness (QED) is 0.0376. The lowest BCUT2D eigenvalue weighted by Gasteiger charge is -2.51. The maximum Gasteiger partial charge on any atom is 0.416 e. The molecule has 18 rings (SSSR count). The SMILES string of the molecule is CC(C)(C)[Si](C)(C)OC1CC2(CCC2)Cc2nc(C3CCCC3)c(COCc3ccc(C(F)(F)F)cc3)c(-c3ccc(F)cc3)c21.CC(C)(C)[Si](C)(C)OC1CC2(CCC2)Cc2nc(C3CCCC3)c(COS(C)(=O)=O)c(-c3ccc(F)cc3)c21.OC1CC2(CCC2)Cc2nc(C3CCCC3)c(COCc3ccc(C(F)(F)F)cc3)c(-c3ccc(F)cc3)c21.OCc1ccc(C(F)(F)F)cc1. The van der Waals surface area contributed by atoms with Crippen LogP contribution in [0.4, 0.5) is 52.7 Å². The number of alkyl halides is 9. The number of hydrogen-bond acceptors (Lipinski definition) is 12. The van der Waals surface area contributed by atoms with Crippen molar-refractivity contribution >= 4 is 26.8 Å². The van der Waals surface area contributed by atoms with E-state index in [0.29, 0.717) is 29.0 Å². The van der Waals surface area contributed by atoms with Crippen molar-refractivity contribution in [2.45, 2.75) is 345 Å². The molecule has 0 radical (unpaired) electrons.